The number of hydrogen-bond donors (Lipinski definition) is 2. The second-order valence-electron chi connectivity index (χ2n) is 3.98. The van der Waals surface area contributed by atoms with Crippen LogP contribution in [0.3, 0.4) is 0 Å². The minimum Gasteiger partial charge on any atom is -0.464 e. The van der Waals surface area contributed by atoms with Gasteiger partial charge in [-0.2, -0.15) is 4.90 Å². The number of amides is 3. The average Bonchev–Trinajstić information content (AvgIpc) is 2.60. The maximum absolute atomic E-state index is 12.0. The third-order valence-electron chi connectivity index (χ3n) is 2.81. The van der Waals surface area contributed by atoms with Gasteiger partial charge in [0.15, 0.2) is 0 Å². The molecule has 0 unspecified atom stereocenters. The highest BCUT2D eigenvalue weighted by Crippen LogP contribution is 2.36. The summed E-state index contributed by atoms with van der Waals surface area (Å²) in [6.07, 6.45) is -3.31. The number of imide groups is 1. The standard InChI is InChI=1S/C11H9BrN2O5/c1-13-4-5-6(12)2-3-7(8(5)9(13)15)14(10(16)17)11(18)19/h2-3H,4H2,1H3,(H,16,17)(H,18,19). The van der Waals surface area contributed by atoms with Crippen molar-refractivity contribution in [2.75, 3.05) is 11.9 Å². The first-order chi connectivity index (χ1) is 8.84. The van der Waals surface area contributed by atoms with Crippen molar-refractivity contribution in [3.63, 3.8) is 0 Å². The van der Waals surface area contributed by atoms with Crippen molar-refractivity contribution >= 4 is 39.7 Å². The van der Waals surface area contributed by atoms with E-state index < -0.39 is 18.1 Å². The number of rotatable bonds is 1. The minimum absolute atomic E-state index is 0.0988. The highest BCUT2D eigenvalue weighted by atomic mass is 79.9. The van der Waals surface area contributed by atoms with E-state index >= 15 is 0 Å². The van der Waals surface area contributed by atoms with Gasteiger partial charge in [0.25, 0.3) is 5.91 Å². The van der Waals surface area contributed by atoms with E-state index in [1.165, 1.54) is 17.0 Å². The normalized spacial score (nSPS) is 13.4. The number of carbonyl (C=O) groups is 3. The van der Waals surface area contributed by atoms with Gasteiger partial charge in [-0.1, -0.05) is 15.9 Å². The van der Waals surface area contributed by atoms with E-state index in [0.717, 1.165) is 0 Å². The van der Waals surface area contributed by atoms with Gasteiger partial charge in [0.05, 0.1) is 11.3 Å². The van der Waals surface area contributed by atoms with Gasteiger partial charge in [0.2, 0.25) is 0 Å². The Kier molecular flexibility index (Phi) is 3.19. The number of benzene rings is 1. The molecule has 0 bridgehead atoms. The summed E-state index contributed by atoms with van der Waals surface area (Å²) in [5.41, 5.74) is 0.534. The number of halogens is 1. The van der Waals surface area contributed by atoms with Crippen LogP contribution < -0.4 is 4.90 Å². The van der Waals surface area contributed by atoms with Gasteiger partial charge in [0.1, 0.15) is 0 Å². The number of carbonyl (C=O) groups excluding carboxylic acids is 1. The van der Waals surface area contributed by atoms with E-state index in [4.69, 9.17) is 10.2 Å². The summed E-state index contributed by atoms with van der Waals surface area (Å²) < 4.78 is 0.639. The van der Waals surface area contributed by atoms with Crippen LogP contribution in [0, 0.1) is 0 Å². The van der Waals surface area contributed by atoms with Crippen LogP contribution >= 0.6 is 15.9 Å². The monoisotopic (exact) mass is 328 g/mol. The average molecular weight is 329 g/mol. The lowest BCUT2D eigenvalue weighted by atomic mass is 10.1. The van der Waals surface area contributed by atoms with E-state index in [-0.39, 0.29) is 16.2 Å². The Labute approximate surface area is 116 Å². The second kappa shape index (κ2) is 4.54. The molecule has 0 saturated carbocycles. The predicted octanol–water partition coefficient (Wildman–Crippen LogP) is 2.20. The zero-order valence-electron chi connectivity index (χ0n) is 9.75. The molecule has 0 aromatic heterocycles. The molecule has 1 aromatic carbocycles. The molecule has 1 heterocycles. The molecule has 2 N–H and O–H groups in total. The Morgan fingerprint density at radius 3 is 2.42 bits per heavy atom. The molecule has 1 aromatic rings. The predicted molar refractivity (Wildman–Crippen MR) is 68.5 cm³/mol. The first-order valence-electron chi connectivity index (χ1n) is 5.17. The summed E-state index contributed by atoms with van der Waals surface area (Å²) in [5.74, 6) is -0.404. The molecule has 0 radical (unpaired) electrons. The summed E-state index contributed by atoms with van der Waals surface area (Å²) in [5, 5.41) is 17.9. The van der Waals surface area contributed by atoms with Crippen LogP contribution in [0.1, 0.15) is 15.9 Å². The molecule has 19 heavy (non-hydrogen) atoms. The van der Waals surface area contributed by atoms with Gasteiger partial charge in [0, 0.05) is 23.6 Å². The first-order valence-corrected chi connectivity index (χ1v) is 5.96. The minimum atomic E-state index is -1.65. The maximum Gasteiger partial charge on any atom is 0.421 e. The SMILES string of the molecule is CN1Cc2c(Br)ccc(N(C(=O)O)C(=O)O)c2C1=O. The van der Waals surface area contributed by atoms with Crippen LogP contribution in [0.4, 0.5) is 15.3 Å². The summed E-state index contributed by atoms with van der Waals surface area (Å²) >= 11 is 3.27. The van der Waals surface area contributed by atoms with Gasteiger partial charge < -0.3 is 15.1 Å². The molecule has 1 aliphatic heterocycles. The van der Waals surface area contributed by atoms with Crippen molar-refractivity contribution < 1.29 is 24.6 Å². The van der Waals surface area contributed by atoms with Gasteiger partial charge >= 0.3 is 12.2 Å². The fourth-order valence-electron chi connectivity index (χ4n) is 1.98. The Hall–Kier alpha value is -2.09. The Morgan fingerprint density at radius 2 is 1.89 bits per heavy atom. The lowest BCUT2D eigenvalue weighted by molar-refractivity contribution is 0.0817. The van der Waals surface area contributed by atoms with Crippen LogP contribution in [-0.4, -0.2) is 40.3 Å². The lowest BCUT2D eigenvalue weighted by Gasteiger charge is -2.16. The van der Waals surface area contributed by atoms with Gasteiger partial charge in [-0.15, -0.1) is 0 Å². The largest absolute Gasteiger partial charge is 0.464 e. The molecular formula is C11H9BrN2O5. The zero-order chi connectivity index (χ0) is 14.3. The molecule has 1 aliphatic rings. The van der Waals surface area contributed by atoms with Crippen molar-refractivity contribution in [3.8, 4) is 0 Å². The molecule has 0 aliphatic carbocycles. The third kappa shape index (κ3) is 2.03. The number of fused-ring (bicyclic) bond motifs is 1. The molecule has 3 amide bonds. The summed E-state index contributed by atoms with van der Waals surface area (Å²) in [6, 6.07) is 2.82. The Balaban J connectivity index is 2.68. The second-order valence-corrected chi connectivity index (χ2v) is 4.84. The number of carboxylic acid groups (broad SMARTS) is 2. The number of anilines is 1. The maximum atomic E-state index is 12.0. The Morgan fingerprint density at radius 1 is 1.32 bits per heavy atom. The molecule has 100 valence electrons. The van der Waals surface area contributed by atoms with E-state index in [0.29, 0.717) is 16.6 Å². The van der Waals surface area contributed by atoms with Crippen LogP contribution in [-0.2, 0) is 6.54 Å². The summed E-state index contributed by atoms with van der Waals surface area (Å²) in [4.78, 5) is 35.6. The topological polar surface area (TPSA) is 98.2 Å². The fourth-order valence-corrected chi connectivity index (χ4v) is 2.43. The highest BCUT2D eigenvalue weighted by molar-refractivity contribution is 9.10. The molecular weight excluding hydrogens is 320 g/mol. The Bertz CT molecular complexity index is 587. The molecule has 0 fully saturated rings. The summed E-state index contributed by atoms with van der Waals surface area (Å²) in [7, 11) is 1.56. The van der Waals surface area contributed by atoms with Crippen molar-refractivity contribution in [1.29, 1.82) is 0 Å². The van der Waals surface area contributed by atoms with Gasteiger partial charge in [-0.3, -0.25) is 4.79 Å². The molecule has 0 atom stereocenters. The lowest BCUT2D eigenvalue weighted by Crippen LogP contribution is -2.35. The van der Waals surface area contributed by atoms with E-state index in [1.54, 1.807) is 7.05 Å². The molecule has 8 heteroatoms. The van der Waals surface area contributed by atoms with Crippen LogP contribution in [0.25, 0.3) is 0 Å². The summed E-state index contributed by atoms with van der Waals surface area (Å²) in [6.45, 7) is 0.301. The highest BCUT2D eigenvalue weighted by Gasteiger charge is 2.35. The molecule has 0 saturated heterocycles. The third-order valence-corrected chi connectivity index (χ3v) is 3.56. The van der Waals surface area contributed by atoms with E-state index in [1.807, 2.05) is 0 Å². The van der Waals surface area contributed by atoms with Crippen LogP contribution in [0.15, 0.2) is 16.6 Å². The van der Waals surface area contributed by atoms with Crippen LogP contribution in [0.2, 0.25) is 0 Å². The fraction of sp³-hybridized carbons (Fsp3) is 0.182. The van der Waals surface area contributed by atoms with Gasteiger partial charge in [-0.05, 0) is 12.1 Å². The molecule has 7 nitrogen and oxygen atoms in total. The number of hydrogen-bond acceptors (Lipinski definition) is 3. The molecule has 2 rings (SSSR count). The smallest absolute Gasteiger partial charge is 0.421 e. The first kappa shape index (κ1) is 13.3. The van der Waals surface area contributed by atoms with Crippen molar-refractivity contribution in [3.05, 3.63) is 27.7 Å². The van der Waals surface area contributed by atoms with Crippen molar-refractivity contribution in [2.45, 2.75) is 6.54 Å². The molecule has 0 spiro atoms. The van der Waals surface area contributed by atoms with Crippen molar-refractivity contribution in [2.24, 2.45) is 0 Å². The quantitative estimate of drug-likeness (QED) is 0.823. The zero-order valence-corrected chi connectivity index (χ0v) is 11.3. The van der Waals surface area contributed by atoms with Crippen LogP contribution in [0.5, 0.6) is 0 Å². The van der Waals surface area contributed by atoms with Gasteiger partial charge in [-0.25, -0.2) is 9.59 Å². The van der Waals surface area contributed by atoms with E-state index in [9.17, 15) is 14.4 Å². The van der Waals surface area contributed by atoms with Crippen molar-refractivity contribution in [1.82, 2.24) is 4.90 Å². The number of nitrogens with zero attached hydrogens (tertiary/aromatic N) is 2. The van der Waals surface area contributed by atoms with E-state index in [2.05, 4.69) is 15.9 Å².